The zero-order valence-corrected chi connectivity index (χ0v) is 14.7. The largest absolute Gasteiger partial charge is 0.347 e. The maximum atomic E-state index is 13.0. The Hall–Kier alpha value is -2.57. The lowest BCUT2D eigenvalue weighted by molar-refractivity contribution is -0.147. The van der Waals surface area contributed by atoms with Crippen molar-refractivity contribution in [1.29, 1.82) is 0 Å². The topological polar surface area (TPSA) is 62.3 Å². The number of fused-ring (bicyclic) bond motifs is 1. The van der Waals surface area contributed by atoms with Gasteiger partial charge in [-0.3, -0.25) is 14.6 Å². The standard InChI is InChI=1S/C19H21F2N3O2/c1-19(2,17(20)21)18(26)24-9-7-14(11-24)23-16(25)13-6-5-12-4-3-8-22-15(12)10-13/h3-6,8,10,14,17H,7,9,11H2,1-2H3,(H,23,25)/t14-/m1/s1. The molecule has 1 aliphatic rings. The number of nitrogens with one attached hydrogen (secondary N) is 1. The number of nitrogens with zero attached hydrogens (tertiary/aromatic N) is 2. The van der Waals surface area contributed by atoms with Crippen LogP contribution in [0.2, 0.25) is 0 Å². The molecule has 5 nitrogen and oxygen atoms in total. The molecule has 1 saturated heterocycles. The highest BCUT2D eigenvalue weighted by molar-refractivity contribution is 5.98. The van der Waals surface area contributed by atoms with Crippen molar-refractivity contribution in [3.05, 3.63) is 42.1 Å². The van der Waals surface area contributed by atoms with Crippen molar-refractivity contribution < 1.29 is 18.4 Å². The molecule has 1 atom stereocenters. The van der Waals surface area contributed by atoms with E-state index >= 15 is 0 Å². The van der Waals surface area contributed by atoms with E-state index in [4.69, 9.17) is 0 Å². The minimum atomic E-state index is -2.73. The lowest BCUT2D eigenvalue weighted by Crippen LogP contribution is -2.45. The molecule has 2 amide bonds. The zero-order valence-electron chi connectivity index (χ0n) is 14.7. The van der Waals surface area contributed by atoms with Gasteiger partial charge in [0, 0.05) is 36.3 Å². The highest BCUT2D eigenvalue weighted by Crippen LogP contribution is 2.29. The van der Waals surface area contributed by atoms with Crippen LogP contribution >= 0.6 is 0 Å². The number of likely N-dealkylation sites (tertiary alicyclic amines) is 1. The number of rotatable bonds is 4. The second kappa shape index (κ2) is 6.97. The summed E-state index contributed by atoms with van der Waals surface area (Å²) < 4.78 is 26.1. The lowest BCUT2D eigenvalue weighted by Gasteiger charge is -2.28. The molecule has 0 radical (unpaired) electrons. The SMILES string of the molecule is CC(C)(C(=O)N1CC[C@@H](NC(=O)c2ccc3cccnc3c2)C1)C(F)F. The molecule has 1 aliphatic heterocycles. The maximum Gasteiger partial charge on any atom is 0.252 e. The maximum absolute atomic E-state index is 13.0. The Morgan fingerprint density at radius 1 is 1.31 bits per heavy atom. The Kier molecular flexibility index (Phi) is 4.89. The first-order valence-corrected chi connectivity index (χ1v) is 8.52. The summed E-state index contributed by atoms with van der Waals surface area (Å²) in [4.78, 5) is 30.4. The number of halogens is 2. The van der Waals surface area contributed by atoms with Crippen LogP contribution in [-0.4, -0.2) is 47.3 Å². The predicted molar refractivity (Wildman–Crippen MR) is 94.0 cm³/mol. The van der Waals surface area contributed by atoms with Crippen molar-refractivity contribution in [3.8, 4) is 0 Å². The summed E-state index contributed by atoms with van der Waals surface area (Å²) in [5.41, 5.74) is -0.515. The summed E-state index contributed by atoms with van der Waals surface area (Å²) >= 11 is 0. The molecule has 7 heteroatoms. The molecule has 2 heterocycles. The number of hydrogen-bond acceptors (Lipinski definition) is 3. The Morgan fingerprint density at radius 3 is 2.81 bits per heavy atom. The van der Waals surface area contributed by atoms with E-state index in [9.17, 15) is 18.4 Å². The van der Waals surface area contributed by atoms with Crippen LogP contribution in [0.4, 0.5) is 8.78 Å². The van der Waals surface area contributed by atoms with Crippen LogP contribution in [0, 0.1) is 5.41 Å². The van der Waals surface area contributed by atoms with E-state index in [1.165, 1.54) is 18.7 Å². The predicted octanol–water partition coefficient (Wildman–Crippen LogP) is 2.86. The van der Waals surface area contributed by atoms with Crippen LogP contribution in [0.25, 0.3) is 10.9 Å². The molecular formula is C19H21F2N3O2. The van der Waals surface area contributed by atoms with E-state index in [2.05, 4.69) is 10.3 Å². The minimum Gasteiger partial charge on any atom is -0.347 e. The molecular weight excluding hydrogens is 340 g/mol. The number of benzene rings is 1. The Labute approximate surface area is 150 Å². The molecule has 1 fully saturated rings. The van der Waals surface area contributed by atoms with Gasteiger partial charge >= 0.3 is 0 Å². The molecule has 0 saturated carbocycles. The van der Waals surface area contributed by atoms with E-state index in [1.54, 1.807) is 18.3 Å². The van der Waals surface area contributed by atoms with Crippen LogP contribution in [0.1, 0.15) is 30.6 Å². The molecule has 0 bridgehead atoms. The fraction of sp³-hybridized carbons (Fsp3) is 0.421. The summed E-state index contributed by atoms with van der Waals surface area (Å²) in [6.07, 6.45) is -0.522. The zero-order chi connectivity index (χ0) is 18.9. The molecule has 1 N–H and O–H groups in total. The van der Waals surface area contributed by atoms with Crippen LogP contribution < -0.4 is 5.32 Å². The fourth-order valence-corrected chi connectivity index (χ4v) is 3.04. The van der Waals surface area contributed by atoms with Crippen LogP contribution in [0.5, 0.6) is 0 Å². The molecule has 0 unspecified atom stereocenters. The summed E-state index contributed by atoms with van der Waals surface area (Å²) in [7, 11) is 0. The Morgan fingerprint density at radius 2 is 2.08 bits per heavy atom. The van der Waals surface area contributed by atoms with Gasteiger partial charge in [-0.2, -0.15) is 0 Å². The van der Waals surface area contributed by atoms with Crippen LogP contribution in [0.3, 0.4) is 0 Å². The molecule has 26 heavy (non-hydrogen) atoms. The average molecular weight is 361 g/mol. The molecule has 2 aromatic rings. The van der Waals surface area contributed by atoms with Crippen molar-refractivity contribution in [3.63, 3.8) is 0 Å². The number of aromatic nitrogens is 1. The summed E-state index contributed by atoms with van der Waals surface area (Å²) in [6, 6.07) is 8.74. The van der Waals surface area contributed by atoms with Gasteiger partial charge in [0.25, 0.3) is 12.3 Å². The minimum absolute atomic E-state index is 0.243. The number of alkyl halides is 2. The second-order valence-corrected chi connectivity index (χ2v) is 7.14. The first kappa shape index (κ1) is 18.2. The molecule has 0 spiro atoms. The first-order chi connectivity index (χ1) is 12.3. The van der Waals surface area contributed by atoms with Gasteiger partial charge in [0.1, 0.15) is 5.41 Å². The highest BCUT2D eigenvalue weighted by atomic mass is 19.3. The van der Waals surface area contributed by atoms with Gasteiger partial charge in [-0.15, -0.1) is 0 Å². The molecule has 1 aromatic carbocycles. The van der Waals surface area contributed by atoms with Crippen molar-refractivity contribution in [2.75, 3.05) is 13.1 Å². The third kappa shape index (κ3) is 3.52. The number of carbonyl (C=O) groups excluding carboxylic acids is 2. The quantitative estimate of drug-likeness (QED) is 0.911. The number of hydrogen-bond donors (Lipinski definition) is 1. The van der Waals surface area contributed by atoms with Gasteiger partial charge in [0.05, 0.1) is 5.52 Å². The Balaban J connectivity index is 1.64. The van der Waals surface area contributed by atoms with Gasteiger partial charge < -0.3 is 10.2 Å². The summed E-state index contributed by atoms with van der Waals surface area (Å²) in [5, 5.41) is 3.82. The number of amides is 2. The summed E-state index contributed by atoms with van der Waals surface area (Å²) in [5.74, 6) is -0.843. The van der Waals surface area contributed by atoms with Gasteiger partial charge in [-0.05, 0) is 38.5 Å². The first-order valence-electron chi connectivity index (χ1n) is 8.52. The van der Waals surface area contributed by atoms with E-state index in [0.29, 0.717) is 18.5 Å². The number of pyridine rings is 1. The normalized spacial score (nSPS) is 17.7. The highest BCUT2D eigenvalue weighted by Gasteiger charge is 2.42. The van der Waals surface area contributed by atoms with Gasteiger partial charge in [-0.1, -0.05) is 12.1 Å². The molecule has 1 aromatic heterocycles. The number of carbonyl (C=O) groups is 2. The van der Waals surface area contributed by atoms with Gasteiger partial charge in [0.2, 0.25) is 5.91 Å². The second-order valence-electron chi connectivity index (χ2n) is 7.14. The van der Waals surface area contributed by atoms with E-state index in [1.807, 2.05) is 18.2 Å². The molecule has 3 rings (SSSR count). The Bertz CT molecular complexity index is 838. The lowest BCUT2D eigenvalue weighted by atomic mass is 9.92. The van der Waals surface area contributed by atoms with Crippen molar-refractivity contribution in [2.45, 2.75) is 32.7 Å². The smallest absolute Gasteiger partial charge is 0.252 e. The van der Waals surface area contributed by atoms with E-state index in [-0.39, 0.29) is 18.5 Å². The van der Waals surface area contributed by atoms with Gasteiger partial charge in [0.15, 0.2) is 0 Å². The third-order valence-electron chi connectivity index (χ3n) is 4.78. The average Bonchev–Trinajstić information content (AvgIpc) is 3.08. The van der Waals surface area contributed by atoms with Crippen molar-refractivity contribution in [1.82, 2.24) is 15.2 Å². The monoisotopic (exact) mass is 361 g/mol. The van der Waals surface area contributed by atoms with Crippen molar-refractivity contribution >= 4 is 22.7 Å². The van der Waals surface area contributed by atoms with Crippen LogP contribution in [0.15, 0.2) is 36.5 Å². The molecule has 0 aliphatic carbocycles. The third-order valence-corrected chi connectivity index (χ3v) is 4.78. The van der Waals surface area contributed by atoms with E-state index < -0.39 is 17.7 Å². The fourth-order valence-electron chi connectivity index (χ4n) is 3.04. The molecule has 138 valence electrons. The van der Waals surface area contributed by atoms with E-state index in [0.717, 1.165) is 10.9 Å². The van der Waals surface area contributed by atoms with Crippen LogP contribution in [-0.2, 0) is 4.79 Å². The summed E-state index contributed by atoms with van der Waals surface area (Å²) in [6.45, 7) is 3.09. The van der Waals surface area contributed by atoms with Crippen molar-refractivity contribution in [2.24, 2.45) is 5.41 Å². The van der Waals surface area contributed by atoms with Gasteiger partial charge in [-0.25, -0.2) is 8.78 Å².